The van der Waals surface area contributed by atoms with Crippen molar-refractivity contribution in [3.8, 4) is 0 Å². The summed E-state index contributed by atoms with van der Waals surface area (Å²) in [7, 11) is 0. The third kappa shape index (κ3) is 9.59. The van der Waals surface area contributed by atoms with Crippen molar-refractivity contribution in [2.24, 2.45) is 0 Å². The van der Waals surface area contributed by atoms with Crippen molar-refractivity contribution < 1.29 is 0 Å². The van der Waals surface area contributed by atoms with Gasteiger partial charge in [0.2, 0.25) is 0 Å². The Morgan fingerprint density at radius 3 is 1.25 bits per heavy atom. The van der Waals surface area contributed by atoms with Crippen LogP contribution >= 0.6 is 31.9 Å². The number of hydrogen-bond donors (Lipinski definition) is 0. The van der Waals surface area contributed by atoms with Gasteiger partial charge in [0, 0.05) is 18.9 Å². The summed E-state index contributed by atoms with van der Waals surface area (Å²) in [5.41, 5.74) is 0. The molecule has 4 heavy (non-hydrogen) atoms. The largest absolute Gasteiger partial charge is 0.0802 e. The minimum atomic E-state index is 0. The monoisotopic (exact) mass is 179 g/mol. The summed E-state index contributed by atoms with van der Waals surface area (Å²) in [4.78, 5) is 0. The SMILES string of the molecule is BrCBr.[Li]. The van der Waals surface area contributed by atoms with Crippen LogP contribution in [0.1, 0.15) is 0 Å². The van der Waals surface area contributed by atoms with Crippen molar-refractivity contribution in [3.63, 3.8) is 0 Å². The third-order valence-electron chi connectivity index (χ3n) is 0. The van der Waals surface area contributed by atoms with Gasteiger partial charge in [0.05, 0.1) is 4.24 Å². The van der Waals surface area contributed by atoms with Crippen LogP contribution in [0.3, 0.4) is 0 Å². The molecule has 0 aliphatic carbocycles. The van der Waals surface area contributed by atoms with Crippen molar-refractivity contribution >= 4 is 50.7 Å². The molecule has 3 heteroatoms. The van der Waals surface area contributed by atoms with Crippen LogP contribution in [0, 0.1) is 0 Å². The van der Waals surface area contributed by atoms with E-state index in [4.69, 9.17) is 0 Å². The molecule has 0 N–H and O–H groups in total. The van der Waals surface area contributed by atoms with Gasteiger partial charge >= 0.3 is 0 Å². The van der Waals surface area contributed by atoms with Crippen molar-refractivity contribution in [2.75, 3.05) is 4.24 Å². The van der Waals surface area contributed by atoms with E-state index < -0.39 is 0 Å². The van der Waals surface area contributed by atoms with E-state index in [-0.39, 0.29) is 18.9 Å². The van der Waals surface area contributed by atoms with E-state index in [1.165, 1.54) is 0 Å². The first-order valence-electron chi connectivity index (χ1n) is 0.535. The molecule has 21 valence electrons. The first kappa shape index (κ1) is 9.12. The Morgan fingerprint density at radius 1 is 1.25 bits per heavy atom. The molecule has 0 aliphatic rings. The molecule has 0 saturated carbocycles. The molecule has 0 aromatic rings. The van der Waals surface area contributed by atoms with E-state index >= 15 is 0 Å². The molecule has 0 bridgehead atoms. The van der Waals surface area contributed by atoms with E-state index in [1.54, 1.807) is 0 Å². The Bertz CT molecular complexity index is 6.00. The van der Waals surface area contributed by atoms with Gasteiger partial charge in [0.15, 0.2) is 0 Å². The molecular formula is CH2Br2Li. The Balaban J connectivity index is 0. The van der Waals surface area contributed by atoms with E-state index in [2.05, 4.69) is 31.9 Å². The van der Waals surface area contributed by atoms with Gasteiger partial charge < -0.3 is 0 Å². The molecule has 0 rings (SSSR count). The summed E-state index contributed by atoms with van der Waals surface area (Å²) in [5, 5.41) is 0. The summed E-state index contributed by atoms with van der Waals surface area (Å²) in [5.74, 6) is 0. The summed E-state index contributed by atoms with van der Waals surface area (Å²) in [6, 6.07) is 0. The van der Waals surface area contributed by atoms with Gasteiger partial charge in [-0.2, -0.15) is 0 Å². The van der Waals surface area contributed by atoms with Gasteiger partial charge in [0.25, 0.3) is 0 Å². The topological polar surface area (TPSA) is 0 Å². The predicted octanol–water partition coefficient (Wildman–Crippen LogP) is 1.35. The van der Waals surface area contributed by atoms with Crippen molar-refractivity contribution in [1.29, 1.82) is 0 Å². The maximum Gasteiger partial charge on any atom is 0.0588 e. The maximum atomic E-state index is 3.06. The molecule has 0 aliphatic heterocycles. The van der Waals surface area contributed by atoms with Crippen molar-refractivity contribution in [3.05, 3.63) is 0 Å². The van der Waals surface area contributed by atoms with Gasteiger partial charge in [0.1, 0.15) is 0 Å². The van der Waals surface area contributed by atoms with Crippen LogP contribution in [-0.4, -0.2) is 23.1 Å². The Hall–Kier alpha value is 1.56. The fourth-order valence-corrected chi connectivity index (χ4v) is 0. The average Bonchev–Trinajstić information content (AvgIpc) is 0.918. The maximum absolute atomic E-state index is 3.06. The molecule has 1 radical (unpaired) electrons. The van der Waals surface area contributed by atoms with Crippen LogP contribution in [0.15, 0.2) is 0 Å². The molecule has 0 saturated heterocycles. The summed E-state index contributed by atoms with van der Waals surface area (Å²) < 4.78 is 0.875. The second-order valence-electron chi connectivity index (χ2n) is 0.101. The predicted molar refractivity (Wildman–Crippen MR) is 28.5 cm³/mol. The van der Waals surface area contributed by atoms with Crippen molar-refractivity contribution in [1.82, 2.24) is 0 Å². The second kappa shape index (κ2) is 8.82. The number of alkyl halides is 2. The zero-order valence-corrected chi connectivity index (χ0v) is 5.64. The second-order valence-corrected chi connectivity index (χ2v) is 2.73. The Morgan fingerprint density at radius 2 is 1.25 bits per heavy atom. The van der Waals surface area contributed by atoms with Crippen molar-refractivity contribution in [2.45, 2.75) is 0 Å². The van der Waals surface area contributed by atoms with Crippen LogP contribution < -0.4 is 0 Å². The zero-order chi connectivity index (χ0) is 2.71. The van der Waals surface area contributed by atoms with Gasteiger partial charge in [-0.3, -0.25) is 0 Å². The molecule has 0 atom stereocenters. The molecule has 0 heterocycles. The summed E-state index contributed by atoms with van der Waals surface area (Å²) in [6.45, 7) is 0. The summed E-state index contributed by atoms with van der Waals surface area (Å²) >= 11 is 6.12. The van der Waals surface area contributed by atoms with Crippen LogP contribution in [0.5, 0.6) is 0 Å². The average molecular weight is 181 g/mol. The van der Waals surface area contributed by atoms with Gasteiger partial charge in [-0.1, -0.05) is 31.9 Å². The van der Waals surface area contributed by atoms with E-state index in [9.17, 15) is 0 Å². The van der Waals surface area contributed by atoms with Crippen LogP contribution in [0.25, 0.3) is 0 Å². The Labute approximate surface area is 54.8 Å². The van der Waals surface area contributed by atoms with Crippen LogP contribution in [0.2, 0.25) is 0 Å². The van der Waals surface area contributed by atoms with Crippen LogP contribution in [-0.2, 0) is 0 Å². The molecule has 0 nitrogen and oxygen atoms in total. The Kier molecular flexibility index (Phi) is 20.1. The van der Waals surface area contributed by atoms with Gasteiger partial charge in [-0.15, -0.1) is 0 Å². The van der Waals surface area contributed by atoms with E-state index in [1.807, 2.05) is 0 Å². The first-order chi connectivity index (χ1) is 1.41. The normalized spacial score (nSPS) is 4.50. The van der Waals surface area contributed by atoms with Crippen LogP contribution in [0.4, 0.5) is 0 Å². The van der Waals surface area contributed by atoms with E-state index in [0.717, 1.165) is 4.24 Å². The first-order valence-corrected chi connectivity index (χ1v) is 2.78. The van der Waals surface area contributed by atoms with Gasteiger partial charge in [-0.25, -0.2) is 0 Å². The smallest absolute Gasteiger partial charge is 0.0588 e. The summed E-state index contributed by atoms with van der Waals surface area (Å²) in [6.07, 6.45) is 0. The molecular weight excluding hydrogens is 179 g/mol. The third-order valence-corrected chi connectivity index (χ3v) is 0. The minimum Gasteiger partial charge on any atom is -0.0802 e. The fourth-order valence-electron chi connectivity index (χ4n) is 0. The molecule has 0 fully saturated rings. The minimum absolute atomic E-state index is 0. The molecule has 0 amide bonds. The quantitative estimate of drug-likeness (QED) is 0.390. The fraction of sp³-hybridized carbons (Fsp3) is 1.00. The van der Waals surface area contributed by atoms with E-state index in [0.29, 0.717) is 0 Å². The number of hydrogen-bond acceptors (Lipinski definition) is 0. The molecule has 0 unspecified atom stereocenters. The van der Waals surface area contributed by atoms with Gasteiger partial charge in [-0.05, 0) is 0 Å². The molecule has 0 aromatic carbocycles. The number of halogens is 2. The number of rotatable bonds is 0. The molecule has 0 aromatic heterocycles. The zero-order valence-electron chi connectivity index (χ0n) is 2.46. The molecule has 0 spiro atoms. The standard InChI is InChI=1S/CH2Br2.Li/c2-1-3;/h1H2;.